The number of nitrogens with one attached hydrogen (secondary N) is 6. The van der Waals surface area contributed by atoms with Gasteiger partial charge in [0.2, 0.25) is 41.6 Å². The van der Waals surface area contributed by atoms with Crippen LogP contribution >= 0.6 is 12.0 Å². The molecule has 52 heavy (non-hydrogen) atoms. The molecule has 0 saturated carbocycles. The lowest BCUT2D eigenvalue weighted by Gasteiger charge is -2.15. The molecule has 3 aromatic rings. The summed E-state index contributed by atoms with van der Waals surface area (Å²) in [5, 5.41) is 64.0. The van der Waals surface area contributed by atoms with Crippen LogP contribution in [0.5, 0.6) is 0 Å². The highest BCUT2D eigenvalue weighted by atomic mass is 32.2. The molecule has 282 valence electrons. The van der Waals surface area contributed by atoms with Crippen molar-refractivity contribution in [2.75, 3.05) is 56.5 Å². The monoisotopic (exact) mass is 776 g/mol. The first-order valence-electron chi connectivity index (χ1n) is 13.9. The zero-order valence-electron chi connectivity index (χ0n) is 25.9. The van der Waals surface area contributed by atoms with Gasteiger partial charge in [-0.1, -0.05) is 5.04 Å². The molecule has 3 aromatic heterocycles. The first-order chi connectivity index (χ1) is 24.6. The fourth-order valence-corrected chi connectivity index (χ4v) is 4.12. The van der Waals surface area contributed by atoms with Gasteiger partial charge in [0.05, 0.1) is 18.6 Å². The zero-order chi connectivity index (χ0) is 38.3. The molecule has 12 N–H and O–H groups in total. The van der Waals surface area contributed by atoms with Crippen LogP contribution in [-0.2, 0) is 38.7 Å². The lowest BCUT2D eigenvalue weighted by molar-refractivity contribution is -0.432. The lowest BCUT2D eigenvalue weighted by Crippen LogP contribution is -2.32. The Labute approximate surface area is 294 Å². The Morgan fingerprint density at radius 2 is 1.21 bits per heavy atom. The first kappa shape index (κ1) is 40.4. The van der Waals surface area contributed by atoms with E-state index in [-0.39, 0.29) is 53.8 Å². The second kappa shape index (κ2) is 19.3. The summed E-state index contributed by atoms with van der Waals surface area (Å²) in [5.41, 5.74) is 0. The van der Waals surface area contributed by atoms with Gasteiger partial charge < -0.3 is 47.0 Å². The summed E-state index contributed by atoms with van der Waals surface area (Å²) < 4.78 is 35.5. The third-order valence-corrected chi connectivity index (χ3v) is 6.79. The van der Waals surface area contributed by atoms with E-state index >= 15 is 0 Å². The Morgan fingerprint density at radius 1 is 0.712 bits per heavy atom. The average molecular weight is 777 g/mol. The van der Waals surface area contributed by atoms with Gasteiger partial charge in [-0.3, -0.25) is 19.5 Å². The molecule has 30 heteroatoms. The number of carboxylic acid groups (broad SMARTS) is 4. The van der Waals surface area contributed by atoms with E-state index in [2.05, 4.69) is 81.1 Å². The van der Waals surface area contributed by atoms with Crippen LogP contribution in [0.4, 0.5) is 47.5 Å². The van der Waals surface area contributed by atoms with Gasteiger partial charge in [0.25, 0.3) is 10.1 Å². The SMILES string of the molecule is O=C(O)CC(Nc1nc(NCCS(=O)(=O)O)nc(Nc2ccnc(Nc3nc(NCCSOOO)nc(NC(CC(=O)O)C(=O)O)n3)n2)n1)C(=O)O. The molecular weight excluding hydrogens is 748 g/mol. The van der Waals surface area contributed by atoms with Gasteiger partial charge in [0.15, 0.2) is 0 Å². The molecule has 3 heterocycles. The van der Waals surface area contributed by atoms with E-state index in [4.69, 9.17) is 20.0 Å². The smallest absolute Gasteiger partial charge is 0.326 e. The molecule has 0 aliphatic rings. The molecule has 0 bridgehead atoms. The van der Waals surface area contributed by atoms with E-state index in [0.29, 0.717) is 12.0 Å². The molecule has 28 nitrogen and oxygen atoms in total. The largest absolute Gasteiger partial charge is 0.481 e. The number of rotatable bonds is 24. The van der Waals surface area contributed by atoms with Crippen molar-refractivity contribution in [2.45, 2.75) is 24.9 Å². The molecule has 0 spiro atoms. The Bertz CT molecular complexity index is 1840. The highest BCUT2D eigenvalue weighted by molar-refractivity contribution is 7.94. The Hall–Kier alpha value is -6.08. The molecule has 2 unspecified atom stereocenters. The second-order valence-electron chi connectivity index (χ2n) is 9.50. The van der Waals surface area contributed by atoms with E-state index in [1.54, 1.807) is 0 Å². The van der Waals surface area contributed by atoms with E-state index in [9.17, 15) is 37.8 Å². The summed E-state index contributed by atoms with van der Waals surface area (Å²) in [6.07, 6.45) is -0.463. The summed E-state index contributed by atoms with van der Waals surface area (Å²) >= 11 is 0.707. The van der Waals surface area contributed by atoms with E-state index in [0.717, 1.165) is 0 Å². The van der Waals surface area contributed by atoms with Gasteiger partial charge in [-0.25, -0.2) is 19.8 Å². The van der Waals surface area contributed by atoms with Crippen molar-refractivity contribution >= 4 is 93.5 Å². The van der Waals surface area contributed by atoms with Gasteiger partial charge in [0, 0.05) is 37.1 Å². The predicted octanol–water partition coefficient (Wildman–Crippen LogP) is -1.21. The van der Waals surface area contributed by atoms with Crippen LogP contribution in [0.3, 0.4) is 0 Å². The molecule has 3 rings (SSSR count). The van der Waals surface area contributed by atoms with E-state index in [1.165, 1.54) is 12.3 Å². The summed E-state index contributed by atoms with van der Waals surface area (Å²) in [6.45, 7) is -0.281. The molecule has 0 amide bonds. The van der Waals surface area contributed by atoms with Crippen molar-refractivity contribution in [3.05, 3.63) is 12.3 Å². The maximum atomic E-state index is 11.6. The molecule has 0 aromatic carbocycles. The third-order valence-electron chi connectivity index (χ3n) is 5.54. The maximum absolute atomic E-state index is 11.6. The summed E-state index contributed by atoms with van der Waals surface area (Å²) in [7, 11) is -4.39. The van der Waals surface area contributed by atoms with Crippen LogP contribution in [0.1, 0.15) is 12.8 Å². The van der Waals surface area contributed by atoms with Gasteiger partial charge in [0.1, 0.15) is 17.9 Å². The van der Waals surface area contributed by atoms with Crippen LogP contribution in [0.25, 0.3) is 0 Å². The zero-order valence-corrected chi connectivity index (χ0v) is 27.5. The Morgan fingerprint density at radius 3 is 1.71 bits per heavy atom. The van der Waals surface area contributed by atoms with Gasteiger partial charge in [-0.2, -0.15) is 43.3 Å². The number of aliphatic carboxylic acids is 4. The highest BCUT2D eigenvalue weighted by Gasteiger charge is 2.24. The van der Waals surface area contributed by atoms with Crippen molar-refractivity contribution < 1.29 is 67.2 Å². The van der Waals surface area contributed by atoms with E-state index in [1.807, 2.05) is 0 Å². The standard InChI is InChI=1S/C22H28N14O14S2/c37-12(38)7-9(14(41)42)26-19-32-18(25-4-6-52(46,47)48)33-21(35-19)29-11-1-2-23-16(28-11)30-22-34-17(24-3-5-51-50-49-45)31-20(36-22)27-10(15(43)44)8-13(39)40/h1-2,9-10,45H,3-8H2,(H,37,38)(H,39,40)(H,41,42)(H,43,44)(H,46,47,48)(H6,23,24,25,26,27,28,29,30,31,32,33,34,35,36). The number of aromatic nitrogens is 8. The fourth-order valence-electron chi connectivity index (χ4n) is 3.47. The summed E-state index contributed by atoms with van der Waals surface area (Å²) in [6, 6.07) is -2.01. The van der Waals surface area contributed by atoms with Crippen molar-refractivity contribution in [3.63, 3.8) is 0 Å². The van der Waals surface area contributed by atoms with Crippen molar-refractivity contribution in [1.82, 2.24) is 39.9 Å². The van der Waals surface area contributed by atoms with Crippen LogP contribution in [-0.4, -0.2) is 139 Å². The Kier molecular flexibility index (Phi) is 15.0. The molecule has 0 radical (unpaired) electrons. The maximum Gasteiger partial charge on any atom is 0.326 e. The fraction of sp³-hybridized carbons (Fsp3) is 0.364. The van der Waals surface area contributed by atoms with Gasteiger partial charge in [-0.15, -0.1) is 4.33 Å². The highest BCUT2D eigenvalue weighted by Crippen LogP contribution is 2.19. The molecule has 2 atom stereocenters. The van der Waals surface area contributed by atoms with Gasteiger partial charge >= 0.3 is 23.9 Å². The number of nitrogens with zero attached hydrogens (tertiary/aromatic N) is 8. The molecule has 0 fully saturated rings. The van der Waals surface area contributed by atoms with Crippen LogP contribution < -0.4 is 31.9 Å². The third kappa shape index (κ3) is 14.8. The van der Waals surface area contributed by atoms with Crippen LogP contribution in [0, 0.1) is 0 Å². The predicted molar refractivity (Wildman–Crippen MR) is 174 cm³/mol. The van der Waals surface area contributed by atoms with Crippen LogP contribution in [0.15, 0.2) is 12.3 Å². The van der Waals surface area contributed by atoms with Crippen molar-refractivity contribution in [1.29, 1.82) is 0 Å². The summed E-state index contributed by atoms with van der Waals surface area (Å²) in [5.74, 6) is -8.59. The second-order valence-corrected chi connectivity index (χ2v) is 11.9. The minimum Gasteiger partial charge on any atom is -0.481 e. The van der Waals surface area contributed by atoms with Crippen LogP contribution in [0.2, 0.25) is 0 Å². The first-order valence-corrected chi connectivity index (χ1v) is 16.5. The number of hydrogen-bond donors (Lipinski definition) is 12. The number of carboxylic acids is 4. The summed E-state index contributed by atoms with van der Waals surface area (Å²) in [4.78, 5) is 77.9. The Balaban J connectivity index is 1.89. The molecule has 0 saturated heterocycles. The molecular formula is C22H28N14O14S2. The number of hydrogen-bond acceptors (Lipinski definition) is 24. The molecule has 0 aliphatic heterocycles. The van der Waals surface area contributed by atoms with Gasteiger partial charge in [-0.05, 0) is 6.07 Å². The van der Waals surface area contributed by atoms with Crippen molar-refractivity contribution in [3.8, 4) is 0 Å². The quantitative estimate of drug-likeness (QED) is 0.0167. The van der Waals surface area contributed by atoms with E-state index < -0.39 is 77.2 Å². The average Bonchev–Trinajstić information content (AvgIpc) is 3.03. The topological polar surface area (TPSA) is 418 Å². The minimum absolute atomic E-state index is 0.0277. The normalized spacial score (nSPS) is 12.2. The lowest BCUT2D eigenvalue weighted by atomic mass is 10.2. The molecule has 0 aliphatic carbocycles. The number of carbonyl (C=O) groups is 4. The number of anilines is 8. The van der Waals surface area contributed by atoms with Crippen molar-refractivity contribution in [2.24, 2.45) is 0 Å². The minimum atomic E-state index is -4.39.